The van der Waals surface area contributed by atoms with Crippen LogP contribution in [-0.2, 0) is 17.1 Å². The summed E-state index contributed by atoms with van der Waals surface area (Å²) in [5, 5.41) is 7.69. The Morgan fingerprint density at radius 2 is 2.21 bits per heavy atom. The minimum Gasteiger partial charge on any atom is -0.319 e. The first-order chi connectivity index (χ1) is 8.90. The number of nitrogens with zero attached hydrogens (tertiary/aromatic N) is 4. The third-order valence-electron chi connectivity index (χ3n) is 2.47. The van der Waals surface area contributed by atoms with Crippen LogP contribution in [0.25, 0.3) is 0 Å². The number of nitrogens with one attached hydrogen (secondary N) is 1. The van der Waals surface area contributed by atoms with Gasteiger partial charge in [0.1, 0.15) is 17.3 Å². The second-order valence-corrected chi connectivity index (χ2v) is 6.06. The summed E-state index contributed by atoms with van der Waals surface area (Å²) in [4.78, 5) is 3.80. The molecule has 19 heavy (non-hydrogen) atoms. The van der Waals surface area contributed by atoms with Crippen LogP contribution in [0.4, 0.5) is 0 Å². The standard InChI is InChI=1S/C10H12ClN5O2S/c1-7(10-14-13-6-16(10)2)15-19(17,18)8-3-4-12-9(11)5-8/h3-7,15H,1-2H3. The van der Waals surface area contributed by atoms with Gasteiger partial charge in [-0.05, 0) is 19.1 Å². The molecular formula is C10H12ClN5O2S. The van der Waals surface area contributed by atoms with Crippen LogP contribution in [0, 0.1) is 0 Å². The molecule has 0 aliphatic carbocycles. The lowest BCUT2D eigenvalue weighted by molar-refractivity contribution is 0.553. The van der Waals surface area contributed by atoms with Crippen LogP contribution in [-0.4, -0.2) is 28.2 Å². The molecule has 0 fully saturated rings. The molecule has 1 unspecified atom stereocenters. The smallest absolute Gasteiger partial charge is 0.241 e. The topological polar surface area (TPSA) is 89.8 Å². The minimum atomic E-state index is -3.68. The first-order valence-electron chi connectivity index (χ1n) is 5.38. The number of hydrogen-bond acceptors (Lipinski definition) is 5. The van der Waals surface area contributed by atoms with Crippen molar-refractivity contribution in [2.75, 3.05) is 0 Å². The summed E-state index contributed by atoms with van der Waals surface area (Å²) >= 11 is 5.68. The fraction of sp³-hybridized carbons (Fsp3) is 0.300. The highest BCUT2D eigenvalue weighted by molar-refractivity contribution is 7.89. The van der Waals surface area contributed by atoms with Gasteiger partial charge in [-0.2, -0.15) is 0 Å². The van der Waals surface area contributed by atoms with E-state index in [0.717, 1.165) is 0 Å². The molecule has 1 N–H and O–H groups in total. The molecule has 0 spiro atoms. The van der Waals surface area contributed by atoms with Crippen molar-refractivity contribution in [3.8, 4) is 0 Å². The van der Waals surface area contributed by atoms with Gasteiger partial charge in [0.25, 0.3) is 0 Å². The largest absolute Gasteiger partial charge is 0.319 e. The van der Waals surface area contributed by atoms with Crippen molar-refractivity contribution in [2.24, 2.45) is 7.05 Å². The Kier molecular flexibility index (Phi) is 3.83. The van der Waals surface area contributed by atoms with Crippen LogP contribution in [0.15, 0.2) is 29.6 Å². The van der Waals surface area contributed by atoms with Crippen LogP contribution < -0.4 is 4.72 Å². The number of sulfonamides is 1. The van der Waals surface area contributed by atoms with Crippen molar-refractivity contribution in [2.45, 2.75) is 17.9 Å². The van der Waals surface area contributed by atoms with Crippen molar-refractivity contribution in [1.82, 2.24) is 24.5 Å². The maximum absolute atomic E-state index is 12.1. The van der Waals surface area contributed by atoms with E-state index in [9.17, 15) is 8.42 Å². The molecule has 102 valence electrons. The molecule has 7 nitrogen and oxygen atoms in total. The second-order valence-electron chi connectivity index (χ2n) is 3.96. The van der Waals surface area contributed by atoms with Crippen molar-refractivity contribution in [3.63, 3.8) is 0 Å². The summed E-state index contributed by atoms with van der Waals surface area (Å²) in [6.07, 6.45) is 2.84. The summed E-state index contributed by atoms with van der Waals surface area (Å²) in [6.45, 7) is 1.68. The molecule has 0 amide bonds. The molecule has 0 bridgehead atoms. The lowest BCUT2D eigenvalue weighted by Gasteiger charge is -2.13. The zero-order valence-electron chi connectivity index (χ0n) is 10.3. The molecule has 2 rings (SSSR count). The van der Waals surface area contributed by atoms with Crippen molar-refractivity contribution in [1.29, 1.82) is 0 Å². The predicted octanol–water partition coefficient (Wildman–Crippen LogP) is 0.903. The Morgan fingerprint density at radius 1 is 1.47 bits per heavy atom. The van der Waals surface area contributed by atoms with E-state index < -0.39 is 16.1 Å². The fourth-order valence-corrected chi connectivity index (χ4v) is 3.04. The maximum atomic E-state index is 12.1. The number of hydrogen-bond donors (Lipinski definition) is 1. The number of aryl methyl sites for hydroxylation is 1. The zero-order chi connectivity index (χ0) is 14.0. The van der Waals surface area contributed by atoms with Gasteiger partial charge in [-0.3, -0.25) is 0 Å². The van der Waals surface area contributed by atoms with E-state index in [0.29, 0.717) is 5.82 Å². The van der Waals surface area contributed by atoms with Gasteiger partial charge >= 0.3 is 0 Å². The van der Waals surface area contributed by atoms with E-state index in [1.807, 2.05) is 0 Å². The van der Waals surface area contributed by atoms with E-state index >= 15 is 0 Å². The number of aromatic nitrogens is 4. The molecule has 0 aliphatic heterocycles. The quantitative estimate of drug-likeness (QED) is 0.848. The first kappa shape index (κ1) is 13.9. The average molecular weight is 302 g/mol. The molecule has 2 aromatic rings. The van der Waals surface area contributed by atoms with Gasteiger partial charge in [-0.1, -0.05) is 11.6 Å². The summed E-state index contributed by atoms with van der Waals surface area (Å²) in [7, 11) is -1.94. The summed E-state index contributed by atoms with van der Waals surface area (Å²) in [5.74, 6) is 0.517. The second kappa shape index (κ2) is 5.24. The van der Waals surface area contributed by atoms with Gasteiger partial charge in [0, 0.05) is 13.2 Å². The van der Waals surface area contributed by atoms with E-state index in [-0.39, 0.29) is 10.0 Å². The fourth-order valence-electron chi connectivity index (χ4n) is 1.59. The molecule has 2 heterocycles. The predicted molar refractivity (Wildman–Crippen MR) is 69.0 cm³/mol. The van der Waals surface area contributed by atoms with Gasteiger partial charge in [0.15, 0.2) is 0 Å². The summed E-state index contributed by atoms with van der Waals surface area (Å²) in [6, 6.07) is 2.15. The van der Waals surface area contributed by atoms with E-state index in [2.05, 4.69) is 19.9 Å². The minimum absolute atomic E-state index is 0.0570. The van der Waals surface area contributed by atoms with E-state index in [1.165, 1.54) is 24.7 Å². The summed E-state index contributed by atoms with van der Waals surface area (Å²) in [5.41, 5.74) is 0. The third kappa shape index (κ3) is 3.09. The van der Waals surface area contributed by atoms with Gasteiger partial charge in [0.2, 0.25) is 10.0 Å². The van der Waals surface area contributed by atoms with Gasteiger partial charge < -0.3 is 4.57 Å². The average Bonchev–Trinajstić information content (AvgIpc) is 2.75. The number of halogens is 1. The lowest BCUT2D eigenvalue weighted by atomic mass is 10.3. The number of rotatable bonds is 4. The Balaban J connectivity index is 2.25. The lowest BCUT2D eigenvalue weighted by Crippen LogP contribution is -2.28. The monoisotopic (exact) mass is 301 g/mol. The Hall–Kier alpha value is -1.51. The Labute approximate surface area is 115 Å². The highest BCUT2D eigenvalue weighted by Crippen LogP contribution is 2.16. The normalized spacial score (nSPS) is 13.4. The molecule has 0 saturated heterocycles. The third-order valence-corrected chi connectivity index (χ3v) is 4.22. The molecule has 9 heteroatoms. The first-order valence-corrected chi connectivity index (χ1v) is 7.24. The van der Waals surface area contributed by atoms with E-state index in [1.54, 1.807) is 18.5 Å². The highest BCUT2D eigenvalue weighted by atomic mass is 35.5. The van der Waals surface area contributed by atoms with Crippen LogP contribution in [0.2, 0.25) is 5.15 Å². The molecule has 2 aromatic heterocycles. The maximum Gasteiger partial charge on any atom is 0.241 e. The molecule has 0 saturated carbocycles. The molecule has 0 aliphatic rings. The van der Waals surface area contributed by atoms with Crippen LogP contribution >= 0.6 is 11.6 Å². The van der Waals surface area contributed by atoms with Gasteiger partial charge in [-0.25, -0.2) is 18.1 Å². The van der Waals surface area contributed by atoms with Gasteiger partial charge in [-0.15, -0.1) is 10.2 Å². The van der Waals surface area contributed by atoms with Crippen molar-refractivity contribution in [3.05, 3.63) is 35.6 Å². The van der Waals surface area contributed by atoms with Crippen LogP contribution in [0.3, 0.4) is 0 Å². The zero-order valence-corrected chi connectivity index (χ0v) is 11.9. The number of pyridine rings is 1. The highest BCUT2D eigenvalue weighted by Gasteiger charge is 2.21. The Morgan fingerprint density at radius 3 is 2.79 bits per heavy atom. The molecule has 0 aromatic carbocycles. The molecule has 1 atom stereocenters. The van der Waals surface area contributed by atoms with Crippen LogP contribution in [0.5, 0.6) is 0 Å². The van der Waals surface area contributed by atoms with Crippen LogP contribution in [0.1, 0.15) is 18.8 Å². The Bertz CT molecular complexity index is 685. The van der Waals surface area contributed by atoms with Crippen molar-refractivity contribution >= 4 is 21.6 Å². The van der Waals surface area contributed by atoms with Gasteiger partial charge in [0.05, 0.1) is 10.9 Å². The summed E-state index contributed by atoms with van der Waals surface area (Å²) < 4.78 is 28.4. The SMILES string of the molecule is CC(NS(=O)(=O)c1ccnc(Cl)c1)c1nncn1C. The van der Waals surface area contributed by atoms with E-state index in [4.69, 9.17) is 11.6 Å². The molecule has 0 radical (unpaired) electrons. The van der Waals surface area contributed by atoms with Crippen molar-refractivity contribution < 1.29 is 8.42 Å². The molecular weight excluding hydrogens is 290 g/mol.